The summed E-state index contributed by atoms with van der Waals surface area (Å²) in [5, 5.41) is 0. The fourth-order valence-corrected chi connectivity index (χ4v) is 1.88. The van der Waals surface area contributed by atoms with Crippen molar-refractivity contribution in [3.63, 3.8) is 0 Å². The van der Waals surface area contributed by atoms with Crippen LogP contribution in [0.4, 0.5) is 0 Å². The van der Waals surface area contributed by atoms with Crippen LogP contribution in [0.5, 0.6) is 5.75 Å². The molecule has 1 aromatic carbocycles. The van der Waals surface area contributed by atoms with E-state index in [0.717, 1.165) is 15.8 Å². The number of hydrogen-bond acceptors (Lipinski definition) is 2. The van der Waals surface area contributed by atoms with Gasteiger partial charge in [0.25, 0.3) is 0 Å². The summed E-state index contributed by atoms with van der Waals surface area (Å²) in [4.78, 5) is 0. The Morgan fingerprint density at radius 1 is 1.40 bits per heavy atom. The standard InChI is InChI=1S/C12H18BrNO/c1-8(2)12(3,14)9-5-6-11(15-4)10(13)7-9/h5-8H,14H2,1-4H3. The van der Waals surface area contributed by atoms with Crippen LogP contribution in [0, 0.1) is 5.92 Å². The van der Waals surface area contributed by atoms with Gasteiger partial charge in [0.15, 0.2) is 0 Å². The molecular weight excluding hydrogens is 254 g/mol. The first kappa shape index (κ1) is 12.5. The molecule has 0 aliphatic carbocycles. The molecule has 15 heavy (non-hydrogen) atoms. The SMILES string of the molecule is COc1ccc(C(C)(N)C(C)C)cc1Br. The first-order chi connectivity index (χ1) is 6.89. The summed E-state index contributed by atoms with van der Waals surface area (Å²) in [5.74, 6) is 1.22. The van der Waals surface area contributed by atoms with E-state index < -0.39 is 0 Å². The van der Waals surface area contributed by atoms with E-state index in [1.54, 1.807) is 7.11 Å². The van der Waals surface area contributed by atoms with E-state index in [1.165, 1.54) is 0 Å². The Hall–Kier alpha value is -0.540. The highest BCUT2D eigenvalue weighted by Crippen LogP contribution is 2.32. The Balaban J connectivity index is 3.12. The Morgan fingerprint density at radius 3 is 2.40 bits per heavy atom. The predicted octanol–water partition coefficient (Wildman–Crippen LogP) is 3.29. The van der Waals surface area contributed by atoms with Crippen LogP contribution in [0.3, 0.4) is 0 Å². The third kappa shape index (κ3) is 2.52. The molecule has 0 aliphatic heterocycles. The van der Waals surface area contributed by atoms with Crippen LogP contribution in [0.15, 0.2) is 22.7 Å². The Bertz CT molecular complexity index is 347. The van der Waals surface area contributed by atoms with Crippen LogP contribution in [0.25, 0.3) is 0 Å². The van der Waals surface area contributed by atoms with E-state index in [4.69, 9.17) is 10.5 Å². The molecule has 0 spiro atoms. The van der Waals surface area contributed by atoms with Crippen molar-refractivity contribution in [3.8, 4) is 5.75 Å². The summed E-state index contributed by atoms with van der Waals surface area (Å²) in [5.41, 5.74) is 7.08. The van der Waals surface area contributed by atoms with Crippen LogP contribution >= 0.6 is 15.9 Å². The number of hydrogen-bond donors (Lipinski definition) is 1. The van der Waals surface area contributed by atoms with Crippen LogP contribution in [-0.2, 0) is 5.54 Å². The van der Waals surface area contributed by atoms with Gasteiger partial charge in [0.1, 0.15) is 5.75 Å². The van der Waals surface area contributed by atoms with Crippen molar-refractivity contribution in [2.45, 2.75) is 26.3 Å². The quantitative estimate of drug-likeness (QED) is 0.916. The maximum absolute atomic E-state index is 6.28. The lowest BCUT2D eigenvalue weighted by Gasteiger charge is -2.30. The maximum Gasteiger partial charge on any atom is 0.133 e. The van der Waals surface area contributed by atoms with Gasteiger partial charge in [0.2, 0.25) is 0 Å². The lowest BCUT2D eigenvalue weighted by atomic mass is 9.83. The van der Waals surface area contributed by atoms with Crippen molar-refractivity contribution in [2.24, 2.45) is 11.7 Å². The summed E-state index contributed by atoms with van der Waals surface area (Å²) < 4.78 is 6.13. The Labute approximate surface area is 99.9 Å². The number of halogens is 1. The second kappa shape index (κ2) is 4.54. The van der Waals surface area contributed by atoms with Gasteiger partial charge in [0.05, 0.1) is 11.6 Å². The van der Waals surface area contributed by atoms with E-state index in [-0.39, 0.29) is 5.54 Å². The lowest BCUT2D eigenvalue weighted by Crippen LogP contribution is -2.38. The van der Waals surface area contributed by atoms with Crippen LogP contribution < -0.4 is 10.5 Å². The fraction of sp³-hybridized carbons (Fsp3) is 0.500. The zero-order chi connectivity index (χ0) is 11.6. The number of benzene rings is 1. The van der Waals surface area contributed by atoms with Crippen molar-refractivity contribution in [1.29, 1.82) is 0 Å². The molecule has 0 saturated carbocycles. The van der Waals surface area contributed by atoms with E-state index in [0.29, 0.717) is 5.92 Å². The van der Waals surface area contributed by atoms with Gasteiger partial charge in [-0.25, -0.2) is 0 Å². The van der Waals surface area contributed by atoms with Crippen LogP contribution in [-0.4, -0.2) is 7.11 Å². The van der Waals surface area contributed by atoms with Gasteiger partial charge in [-0.2, -0.15) is 0 Å². The predicted molar refractivity (Wildman–Crippen MR) is 67.1 cm³/mol. The molecular formula is C12H18BrNO. The minimum atomic E-state index is -0.311. The van der Waals surface area contributed by atoms with Crippen LogP contribution in [0.2, 0.25) is 0 Å². The topological polar surface area (TPSA) is 35.2 Å². The van der Waals surface area contributed by atoms with Gasteiger partial charge < -0.3 is 10.5 Å². The summed E-state index contributed by atoms with van der Waals surface area (Å²) in [7, 11) is 1.66. The Morgan fingerprint density at radius 2 is 2.00 bits per heavy atom. The van der Waals surface area contributed by atoms with E-state index in [9.17, 15) is 0 Å². The lowest BCUT2D eigenvalue weighted by molar-refractivity contribution is 0.349. The maximum atomic E-state index is 6.28. The zero-order valence-electron chi connectivity index (χ0n) is 9.67. The van der Waals surface area contributed by atoms with E-state index >= 15 is 0 Å². The number of methoxy groups -OCH3 is 1. The number of rotatable bonds is 3. The average molecular weight is 272 g/mol. The van der Waals surface area contributed by atoms with Gasteiger partial charge in [0, 0.05) is 5.54 Å². The average Bonchev–Trinajstić information content (AvgIpc) is 2.17. The molecule has 2 N–H and O–H groups in total. The molecule has 0 aromatic heterocycles. The molecule has 84 valence electrons. The number of ether oxygens (including phenoxy) is 1. The highest BCUT2D eigenvalue weighted by Gasteiger charge is 2.25. The third-order valence-electron chi connectivity index (χ3n) is 2.97. The van der Waals surface area contributed by atoms with Gasteiger partial charge >= 0.3 is 0 Å². The molecule has 1 unspecified atom stereocenters. The summed E-state index contributed by atoms with van der Waals surface area (Å²) >= 11 is 3.47. The number of nitrogens with two attached hydrogens (primary N) is 1. The molecule has 0 bridgehead atoms. The van der Waals surface area contributed by atoms with Gasteiger partial charge in [-0.1, -0.05) is 19.9 Å². The normalized spacial score (nSPS) is 15.1. The van der Waals surface area contributed by atoms with Crippen molar-refractivity contribution >= 4 is 15.9 Å². The molecule has 3 heteroatoms. The zero-order valence-corrected chi connectivity index (χ0v) is 11.3. The van der Waals surface area contributed by atoms with Gasteiger partial charge in [-0.3, -0.25) is 0 Å². The highest BCUT2D eigenvalue weighted by atomic mass is 79.9. The second-order valence-corrected chi connectivity index (χ2v) is 5.14. The molecule has 0 saturated heterocycles. The molecule has 0 amide bonds. The van der Waals surface area contributed by atoms with E-state index in [1.807, 2.05) is 25.1 Å². The first-order valence-electron chi connectivity index (χ1n) is 5.02. The van der Waals surface area contributed by atoms with Gasteiger partial charge in [-0.05, 0) is 46.5 Å². The van der Waals surface area contributed by atoms with Crippen LogP contribution in [0.1, 0.15) is 26.3 Å². The third-order valence-corrected chi connectivity index (χ3v) is 3.59. The van der Waals surface area contributed by atoms with Crippen molar-refractivity contribution < 1.29 is 4.74 Å². The largest absolute Gasteiger partial charge is 0.496 e. The summed E-state index contributed by atoms with van der Waals surface area (Å²) in [6.07, 6.45) is 0. The highest BCUT2D eigenvalue weighted by molar-refractivity contribution is 9.10. The summed E-state index contributed by atoms with van der Waals surface area (Å²) in [6, 6.07) is 5.98. The first-order valence-corrected chi connectivity index (χ1v) is 5.81. The van der Waals surface area contributed by atoms with Crippen molar-refractivity contribution in [2.75, 3.05) is 7.11 Å². The molecule has 1 atom stereocenters. The van der Waals surface area contributed by atoms with Crippen molar-refractivity contribution in [3.05, 3.63) is 28.2 Å². The molecule has 1 rings (SSSR count). The summed E-state index contributed by atoms with van der Waals surface area (Å²) in [6.45, 7) is 6.29. The van der Waals surface area contributed by atoms with Gasteiger partial charge in [-0.15, -0.1) is 0 Å². The molecule has 1 aromatic rings. The van der Waals surface area contributed by atoms with Crippen molar-refractivity contribution in [1.82, 2.24) is 0 Å². The minimum Gasteiger partial charge on any atom is -0.496 e. The minimum absolute atomic E-state index is 0.311. The molecule has 2 nitrogen and oxygen atoms in total. The molecule has 0 radical (unpaired) electrons. The molecule has 0 aliphatic rings. The Kier molecular flexibility index (Phi) is 3.79. The van der Waals surface area contributed by atoms with E-state index in [2.05, 4.69) is 29.8 Å². The second-order valence-electron chi connectivity index (χ2n) is 4.29. The molecule has 0 heterocycles. The fourth-order valence-electron chi connectivity index (χ4n) is 1.33. The molecule has 0 fully saturated rings. The smallest absolute Gasteiger partial charge is 0.133 e. The monoisotopic (exact) mass is 271 g/mol.